The van der Waals surface area contributed by atoms with E-state index >= 15 is 0 Å². The monoisotopic (exact) mass is 291 g/mol. The summed E-state index contributed by atoms with van der Waals surface area (Å²) in [6.07, 6.45) is -3.03. The highest BCUT2D eigenvalue weighted by atomic mass is 35.5. The number of aromatic nitrogens is 3. The molecule has 0 saturated heterocycles. The summed E-state index contributed by atoms with van der Waals surface area (Å²) in [6.45, 7) is 0. The van der Waals surface area contributed by atoms with Crippen LogP contribution in [0.3, 0.4) is 0 Å². The first-order chi connectivity index (χ1) is 8.80. The highest BCUT2D eigenvalue weighted by molar-refractivity contribution is 6.29. The SMILES string of the molecule is O=C(O)c1cnn(-c2ccnc(Cl)c2)c1C(F)(F)F. The molecule has 2 aromatic heterocycles. The fourth-order valence-electron chi connectivity index (χ4n) is 1.50. The standard InChI is InChI=1S/C10H5ClF3N3O2/c11-7-3-5(1-2-15-7)17-8(10(12,13)14)6(4-16-17)9(18)19/h1-4H,(H,18,19). The van der Waals surface area contributed by atoms with Crippen molar-refractivity contribution in [2.45, 2.75) is 6.18 Å². The summed E-state index contributed by atoms with van der Waals surface area (Å²) in [5.74, 6) is -1.71. The number of hydrogen-bond donors (Lipinski definition) is 1. The lowest BCUT2D eigenvalue weighted by atomic mass is 10.2. The molecule has 0 aromatic carbocycles. The maximum absolute atomic E-state index is 12.9. The third-order valence-electron chi connectivity index (χ3n) is 2.22. The molecule has 0 aliphatic rings. The number of carbonyl (C=O) groups is 1. The number of alkyl halides is 3. The second-order valence-electron chi connectivity index (χ2n) is 3.46. The molecule has 0 atom stereocenters. The van der Waals surface area contributed by atoms with Crippen LogP contribution in [0.25, 0.3) is 5.69 Å². The highest BCUT2D eigenvalue weighted by Gasteiger charge is 2.40. The molecule has 0 aliphatic carbocycles. The van der Waals surface area contributed by atoms with Crippen LogP contribution in [0.2, 0.25) is 5.15 Å². The van der Waals surface area contributed by atoms with Gasteiger partial charge < -0.3 is 5.11 Å². The Morgan fingerprint density at radius 1 is 1.42 bits per heavy atom. The second-order valence-corrected chi connectivity index (χ2v) is 3.85. The van der Waals surface area contributed by atoms with Gasteiger partial charge in [-0.3, -0.25) is 0 Å². The highest BCUT2D eigenvalue weighted by Crippen LogP contribution is 2.33. The van der Waals surface area contributed by atoms with Crippen molar-refractivity contribution < 1.29 is 23.1 Å². The Morgan fingerprint density at radius 2 is 2.11 bits per heavy atom. The second kappa shape index (κ2) is 4.54. The predicted octanol–water partition coefficient (Wildman–Crippen LogP) is 2.64. The van der Waals surface area contributed by atoms with Crippen molar-refractivity contribution in [2.75, 3.05) is 0 Å². The van der Waals surface area contributed by atoms with Crippen molar-refractivity contribution in [2.24, 2.45) is 0 Å². The minimum atomic E-state index is -4.86. The third-order valence-corrected chi connectivity index (χ3v) is 2.43. The zero-order valence-electron chi connectivity index (χ0n) is 9.02. The normalized spacial score (nSPS) is 11.6. The summed E-state index contributed by atoms with van der Waals surface area (Å²) in [5, 5.41) is 12.2. The molecular formula is C10H5ClF3N3O2. The van der Waals surface area contributed by atoms with Gasteiger partial charge in [-0.1, -0.05) is 11.6 Å². The van der Waals surface area contributed by atoms with Crippen molar-refractivity contribution >= 4 is 17.6 Å². The van der Waals surface area contributed by atoms with Crippen LogP contribution >= 0.6 is 11.6 Å². The average Bonchev–Trinajstić information content (AvgIpc) is 2.73. The molecule has 0 radical (unpaired) electrons. The maximum Gasteiger partial charge on any atom is 0.434 e. The summed E-state index contributed by atoms with van der Waals surface area (Å²) >= 11 is 5.58. The van der Waals surface area contributed by atoms with Crippen molar-refractivity contribution in [1.29, 1.82) is 0 Å². The Balaban J connectivity index is 2.68. The Labute approximate surface area is 109 Å². The molecule has 0 bridgehead atoms. The van der Waals surface area contributed by atoms with Crippen LogP contribution in [0.4, 0.5) is 13.2 Å². The lowest BCUT2D eigenvalue weighted by Gasteiger charge is -2.11. The van der Waals surface area contributed by atoms with E-state index in [-0.39, 0.29) is 10.8 Å². The first-order valence-electron chi connectivity index (χ1n) is 4.81. The summed E-state index contributed by atoms with van der Waals surface area (Å²) in [5.41, 5.74) is -2.33. The van der Waals surface area contributed by atoms with E-state index in [4.69, 9.17) is 16.7 Å². The van der Waals surface area contributed by atoms with Crippen molar-refractivity contribution in [1.82, 2.24) is 14.8 Å². The molecule has 2 rings (SSSR count). The number of rotatable bonds is 2. The molecule has 0 saturated carbocycles. The lowest BCUT2D eigenvalue weighted by molar-refractivity contribution is -0.143. The van der Waals surface area contributed by atoms with Crippen LogP contribution in [-0.4, -0.2) is 25.8 Å². The van der Waals surface area contributed by atoms with E-state index in [9.17, 15) is 18.0 Å². The number of nitrogens with zero attached hydrogens (tertiary/aromatic N) is 3. The van der Waals surface area contributed by atoms with Gasteiger partial charge in [0.2, 0.25) is 0 Å². The van der Waals surface area contributed by atoms with Gasteiger partial charge in [-0.05, 0) is 6.07 Å². The van der Waals surface area contributed by atoms with E-state index in [1.54, 1.807) is 0 Å². The fraction of sp³-hybridized carbons (Fsp3) is 0.100. The van der Waals surface area contributed by atoms with E-state index in [2.05, 4.69) is 10.1 Å². The number of carboxylic acids is 1. The van der Waals surface area contributed by atoms with Crippen molar-refractivity contribution in [3.8, 4) is 5.69 Å². The van der Waals surface area contributed by atoms with Gasteiger partial charge in [0.05, 0.1) is 11.9 Å². The van der Waals surface area contributed by atoms with Crippen LogP contribution in [0.15, 0.2) is 24.5 Å². The molecule has 0 spiro atoms. The molecular weight excluding hydrogens is 287 g/mol. The zero-order valence-corrected chi connectivity index (χ0v) is 9.77. The van der Waals surface area contributed by atoms with E-state index in [0.29, 0.717) is 10.9 Å². The quantitative estimate of drug-likeness (QED) is 0.864. The van der Waals surface area contributed by atoms with Crippen LogP contribution < -0.4 is 0 Å². The molecule has 1 N–H and O–H groups in total. The number of aromatic carboxylic acids is 1. The van der Waals surface area contributed by atoms with Gasteiger partial charge in [0.1, 0.15) is 10.7 Å². The molecule has 0 fully saturated rings. The Morgan fingerprint density at radius 3 is 2.63 bits per heavy atom. The third kappa shape index (κ3) is 2.53. The van der Waals surface area contributed by atoms with Gasteiger partial charge in [-0.2, -0.15) is 18.3 Å². The van der Waals surface area contributed by atoms with Crippen LogP contribution in [0, 0.1) is 0 Å². The van der Waals surface area contributed by atoms with E-state index < -0.39 is 23.4 Å². The molecule has 100 valence electrons. The minimum absolute atomic E-state index is 0.0279. The molecule has 0 unspecified atom stereocenters. The van der Waals surface area contributed by atoms with Gasteiger partial charge in [0.25, 0.3) is 0 Å². The Hall–Kier alpha value is -2.09. The Kier molecular flexibility index (Phi) is 3.19. The molecule has 9 heteroatoms. The van der Waals surface area contributed by atoms with E-state index in [1.807, 2.05) is 0 Å². The topological polar surface area (TPSA) is 68.0 Å². The molecule has 0 amide bonds. The summed E-state index contributed by atoms with van der Waals surface area (Å²) in [4.78, 5) is 14.4. The largest absolute Gasteiger partial charge is 0.478 e. The smallest absolute Gasteiger partial charge is 0.434 e. The van der Waals surface area contributed by atoms with E-state index in [1.165, 1.54) is 12.3 Å². The first-order valence-corrected chi connectivity index (χ1v) is 5.19. The summed E-state index contributed by atoms with van der Waals surface area (Å²) < 4.78 is 39.2. The zero-order chi connectivity index (χ0) is 14.2. The van der Waals surface area contributed by atoms with E-state index in [0.717, 1.165) is 6.07 Å². The molecule has 2 aromatic rings. The Bertz CT molecular complexity index is 639. The van der Waals surface area contributed by atoms with Crippen molar-refractivity contribution in [3.63, 3.8) is 0 Å². The van der Waals surface area contributed by atoms with Crippen LogP contribution in [-0.2, 0) is 6.18 Å². The van der Waals surface area contributed by atoms with Crippen molar-refractivity contribution in [3.05, 3.63) is 40.9 Å². The number of carboxylic acid groups (broad SMARTS) is 1. The molecule has 5 nitrogen and oxygen atoms in total. The van der Waals surface area contributed by atoms with Gasteiger partial charge in [0.15, 0.2) is 5.69 Å². The molecule has 2 heterocycles. The van der Waals surface area contributed by atoms with Crippen LogP contribution in [0.1, 0.15) is 16.1 Å². The summed E-state index contributed by atoms with van der Waals surface area (Å²) in [7, 11) is 0. The maximum atomic E-state index is 12.9. The average molecular weight is 292 g/mol. The minimum Gasteiger partial charge on any atom is -0.478 e. The molecule has 0 aliphatic heterocycles. The molecule has 19 heavy (non-hydrogen) atoms. The van der Waals surface area contributed by atoms with Gasteiger partial charge in [-0.25, -0.2) is 14.5 Å². The number of halogens is 4. The number of pyridine rings is 1. The lowest BCUT2D eigenvalue weighted by Crippen LogP contribution is -2.17. The van der Waals surface area contributed by atoms with Gasteiger partial charge >= 0.3 is 12.1 Å². The van der Waals surface area contributed by atoms with Gasteiger partial charge in [-0.15, -0.1) is 0 Å². The van der Waals surface area contributed by atoms with Gasteiger partial charge in [0, 0.05) is 12.3 Å². The van der Waals surface area contributed by atoms with Crippen LogP contribution in [0.5, 0.6) is 0 Å². The summed E-state index contributed by atoms with van der Waals surface area (Å²) in [6, 6.07) is 2.38. The fourth-order valence-corrected chi connectivity index (χ4v) is 1.67. The number of hydrogen-bond acceptors (Lipinski definition) is 3. The predicted molar refractivity (Wildman–Crippen MR) is 58.3 cm³/mol. The first kappa shape index (κ1) is 13.3.